The Morgan fingerprint density at radius 2 is 2.00 bits per heavy atom. The smallest absolute Gasteiger partial charge is 0.191 e. The molecule has 2 aliphatic heterocycles. The summed E-state index contributed by atoms with van der Waals surface area (Å²) in [5.74, 6) is 0.872. The van der Waals surface area contributed by atoms with E-state index in [0.717, 1.165) is 32.0 Å². The Labute approximate surface area is 185 Å². The summed E-state index contributed by atoms with van der Waals surface area (Å²) in [5.41, 5.74) is 2.35. The predicted molar refractivity (Wildman–Crippen MR) is 122 cm³/mol. The first kappa shape index (κ1) is 23.4. The van der Waals surface area contributed by atoms with Gasteiger partial charge in [-0.3, -0.25) is 0 Å². The Balaban J connectivity index is 0.00000280. The summed E-state index contributed by atoms with van der Waals surface area (Å²) in [6, 6.07) is 8.80. The Kier molecular flexibility index (Phi) is 10.5. The normalized spacial score (nSPS) is 23.5. The van der Waals surface area contributed by atoms with Crippen LogP contribution in [-0.2, 0) is 27.4 Å². The average Bonchev–Trinajstić information content (AvgIpc) is 3.30. The number of ether oxygens (including phenoxy) is 3. The van der Waals surface area contributed by atoms with E-state index in [1.165, 1.54) is 17.5 Å². The lowest BCUT2D eigenvalue weighted by Gasteiger charge is -2.22. The molecule has 2 bridgehead atoms. The largest absolute Gasteiger partial charge is 0.379 e. The molecule has 0 saturated carbocycles. The monoisotopic (exact) mass is 503 g/mol. The van der Waals surface area contributed by atoms with Gasteiger partial charge in [-0.2, -0.15) is 0 Å². The summed E-state index contributed by atoms with van der Waals surface area (Å²) in [5, 5.41) is 6.91. The van der Waals surface area contributed by atoms with E-state index >= 15 is 0 Å². The lowest BCUT2D eigenvalue weighted by atomic mass is 9.96. The second-order valence-corrected chi connectivity index (χ2v) is 7.13. The first-order valence-corrected chi connectivity index (χ1v) is 10.2. The Bertz CT molecular complexity index is 614. The van der Waals surface area contributed by atoms with E-state index in [-0.39, 0.29) is 24.0 Å². The lowest BCUT2D eigenvalue weighted by molar-refractivity contribution is 0.0453. The number of nitrogens with one attached hydrogen (secondary N) is 2. The quantitative estimate of drug-likeness (QED) is 0.222. The van der Waals surface area contributed by atoms with E-state index in [0.29, 0.717) is 44.6 Å². The number of hydrogen-bond acceptors (Lipinski definition) is 4. The molecule has 3 atom stereocenters. The van der Waals surface area contributed by atoms with E-state index < -0.39 is 0 Å². The molecule has 3 rings (SSSR count). The molecule has 158 valence electrons. The van der Waals surface area contributed by atoms with Crippen LogP contribution in [0.2, 0.25) is 0 Å². The standard InChI is InChI=1S/C21H33N3O3.HI/c1-3-22-21(24-19-13-18-8-9-20(19)27-18)23-14-16-6-5-7-17(12-16)15-26-11-10-25-4-2;/h5-7,12,18-20H,3-4,8-11,13-15H2,1-2H3,(H2,22,23,24);1H. The van der Waals surface area contributed by atoms with Crippen molar-refractivity contribution in [3.63, 3.8) is 0 Å². The van der Waals surface area contributed by atoms with Crippen molar-refractivity contribution in [3.05, 3.63) is 35.4 Å². The molecular weight excluding hydrogens is 469 g/mol. The molecule has 2 N–H and O–H groups in total. The highest BCUT2D eigenvalue weighted by atomic mass is 127. The molecule has 3 unspecified atom stereocenters. The second-order valence-electron chi connectivity index (χ2n) is 7.13. The van der Waals surface area contributed by atoms with Crippen LogP contribution >= 0.6 is 24.0 Å². The maximum atomic E-state index is 5.94. The van der Waals surface area contributed by atoms with Crippen molar-refractivity contribution in [1.29, 1.82) is 0 Å². The number of halogens is 1. The van der Waals surface area contributed by atoms with Crippen molar-refractivity contribution in [2.45, 2.75) is 64.5 Å². The molecule has 2 aliphatic rings. The fraction of sp³-hybridized carbons (Fsp3) is 0.667. The highest BCUT2D eigenvalue weighted by molar-refractivity contribution is 14.0. The van der Waals surface area contributed by atoms with E-state index in [1.807, 2.05) is 6.92 Å². The Hall–Kier alpha value is -0.900. The molecule has 28 heavy (non-hydrogen) atoms. The third kappa shape index (κ3) is 7.17. The summed E-state index contributed by atoms with van der Waals surface area (Å²) in [6.45, 7) is 8.17. The van der Waals surface area contributed by atoms with Gasteiger partial charge in [-0.05, 0) is 44.2 Å². The summed E-state index contributed by atoms with van der Waals surface area (Å²) in [4.78, 5) is 4.77. The molecule has 6 nitrogen and oxygen atoms in total. The molecule has 2 saturated heterocycles. The van der Waals surface area contributed by atoms with Crippen molar-refractivity contribution in [3.8, 4) is 0 Å². The van der Waals surface area contributed by atoms with Gasteiger partial charge in [0.2, 0.25) is 0 Å². The highest BCUT2D eigenvalue weighted by Gasteiger charge is 2.41. The molecule has 0 radical (unpaired) electrons. The van der Waals surface area contributed by atoms with Crippen LogP contribution in [0.5, 0.6) is 0 Å². The van der Waals surface area contributed by atoms with Crippen LogP contribution in [0, 0.1) is 0 Å². The molecule has 1 aromatic rings. The van der Waals surface area contributed by atoms with Crippen molar-refractivity contribution in [2.24, 2.45) is 4.99 Å². The Morgan fingerprint density at radius 1 is 1.18 bits per heavy atom. The summed E-state index contributed by atoms with van der Waals surface area (Å²) < 4.78 is 16.9. The zero-order valence-electron chi connectivity index (χ0n) is 17.0. The minimum atomic E-state index is 0. The van der Waals surface area contributed by atoms with Gasteiger partial charge < -0.3 is 24.8 Å². The fourth-order valence-electron chi connectivity index (χ4n) is 3.73. The molecule has 0 aliphatic carbocycles. The van der Waals surface area contributed by atoms with E-state index in [4.69, 9.17) is 19.2 Å². The van der Waals surface area contributed by atoms with Crippen LogP contribution in [0.1, 0.15) is 44.2 Å². The third-order valence-electron chi connectivity index (χ3n) is 5.03. The summed E-state index contributed by atoms with van der Waals surface area (Å²) in [7, 11) is 0. The van der Waals surface area contributed by atoms with Crippen molar-refractivity contribution in [2.75, 3.05) is 26.4 Å². The average molecular weight is 503 g/mol. The third-order valence-corrected chi connectivity index (χ3v) is 5.03. The SMILES string of the molecule is CCNC(=NCc1cccc(COCCOCC)c1)NC1CC2CCC1O2.I. The van der Waals surface area contributed by atoms with Gasteiger partial charge in [-0.1, -0.05) is 24.3 Å². The second kappa shape index (κ2) is 12.6. The number of nitrogens with zero attached hydrogens (tertiary/aromatic N) is 1. The topological polar surface area (TPSA) is 64.1 Å². The molecule has 0 amide bonds. The summed E-state index contributed by atoms with van der Waals surface area (Å²) >= 11 is 0. The van der Waals surface area contributed by atoms with Crippen molar-refractivity contribution < 1.29 is 14.2 Å². The van der Waals surface area contributed by atoms with Crippen molar-refractivity contribution in [1.82, 2.24) is 10.6 Å². The van der Waals surface area contributed by atoms with E-state index in [9.17, 15) is 0 Å². The van der Waals surface area contributed by atoms with Crippen LogP contribution in [0.25, 0.3) is 0 Å². The zero-order chi connectivity index (χ0) is 18.9. The fourth-order valence-corrected chi connectivity index (χ4v) is 3.73. The number of aliphatic imine (C=N–C) groups is 1. The van der Waals surface area contributed by atoms with Gasteiger partial charge in [0.05, 0.1) is 44.6 Å². The number of fused-ring (bicyclic) bond motifs is 2. The van der Waals surface area contributed by atoms with Gasteiger partial charge in [0.15, 0.2) is 5.96 Å². The summed E-state index contributed by atoms with van der Waals surface area (Å²) in [6.07, 6.45) is 4.23. The molecule has 0 spiro atoms. The molecule has 7 heteroatoms. The van der Waals surface area contributed by atoms with Crippen molar-refractivity contribution >= 4 is 29.9 Å². The predicted octanol–water partition coefficient (Wildman–Crippen LogP) is 3.23. The molecule has 0 aromatic heterocycles. The van der Waals surface area contributed by atoms with Gasteiger partial charge >= 0.3 is 0 Å². The molecular formula is C21H34IN3O3. The number of hydrogen-bond donors (Lipinski definition) is 2. The number of guanidine groups is 1. The zero-order valence-corrected chi connectivity index (χ0v) is 19.3. The van der Waals surface area contributed by atoms with Crippen LogP contribution in [0.15, 0.2) is 29.3 Å². The minimum absolute atomic E-state index is 0. The molecule has 2 heterocycles. The lowest BCUT2D eigenvalue weighted by Crippen LogP contribution is -2.47. The maximum absolute atomic E-state index is 5.94. The van der Waals surface area contributed by atoms with Gasteiger partial charge in [-0.15, -0.1) is 24.0 Å². The highest BCUT2D eigenvalue weighted by Crippen LogP contribution is 2.34. The van der Waals surface area contributed by atoms with Crippen LogP contribution in [0.3, 0.4) is 0 Å². The van der Waals surface area contributed by atoms with Crippen LogP contribution in [0.4, 0.5) is 0 Å². The van der Waals surface area contributed by atoms with E-state index in [2.05, 4.69) is 41.8 Å². The minimum Gasteiger partial charge on any atom is -0.379 e. The van der Waals surface area contributed by atoms with Crippen LogP contribution in [-0.4, -0.2) is 50.6 Å². The van der Waals surface area contributed by atoms with Gasteiger partial charge in [0.1, 0.15) is 0 Å². The molecule has 1 aromatic carbocycles. The van der Waals surface area contributed by atoms with Gasteiger partial charge in [0, 0.05) is 13.2 Å². The first-order valence-electron chi connectivity index (χ1n) is 10.2. The first-order chi connectivity index (χ1) is 13.3. The Morgan fingerprint density at radius 3 is 2.71 bits per heavy atom. The van der Waals surface area contributed by atoms with Gasteiger partial charge in [0.25, 0.3) is 0 Å². The number of rotatable bonds is 10. The van der Waals surface area contributed by atoms with Gasteiger partial charge in [-0.25, -0.2) is 4.99 Å². The number of benzene rings is 1. The maximum Gasteiger partial charge on any atom is 0.191 e. The van der Waals surface area contributed by atoms with Crippen LogP contribution < -0.4 is 10.6 Å². The van der Waals surface area contributed by atoms with E-state index in [1.54, 1.807) is 0 Å². The molecule has 2 fully saturated rings.